The number of thioether (sulfide) groups is 2. The van der Waals surface area contributed by atoms with Crippen molar-refractivity contribution in [3.63, 3.8) is 0 Å². The summed E-state index contributed by atoms with van der Waals surface area (Å²) in [5.41, 5.74) is 0. The molecule has 0 aromatic rings. The summed E-state index contributed by atoms with van der Waals surface area (Å²) >= 11 is 2.06. The summed E-state index contributed by atoms with van der Waals surface area (Å²) in [6.07, 6.45) is 73.0. The van der Waals surface area contributed by atoms with Crippen LogP contribution in [0.1, 0.15) is 426 Å². The van der Waals surface area contributed by atoms with Crippen molar-refractivity contribution in [3.8, 4) is 0 Å². The molecular weight excluding hydrogens is 1260 g/mol. The number of hydrogen-bond acceptors (Lipinski definition) is 12. The summed E-state index contributed by atoms with van der Waals surface area (Å²) in [6, 6.07) is -1.77. The van der Waals surface area contributed by atoms with E-state index in [9.17, 15) is 39.6 Å². The summed E-state index contributed by atoms with van der Waals surface area (Å²) in [6.45, 7) is 11.5. The smallest absolute Gasteiger partial charge is 0.244 e. The molecule has 1 saturated heterocycles. The summed E-state index contributed by atoms with van der Waals surface area (Å²) in [4.78, 5) is 57.8. The normalized spacial score (nSPS) is 15.5. The number of nitrogens with one attached hydrogen (secondary N) is 2. The van der Waals surface area contributed by atoms with Gasteiger partial charge in [-0.05, 0) is 25.7 Å². The van der Waals surface area contributed by atoms with Gasteiger partial charge in [-0.15, -0.1) is 0 Å². The van der Waals surface area contributed by atoms with Gasteiger partial charge in [-0.3, -0.25) is 29.0 Å². The van der Waals surface area contributed by atoms with Crippen molar-refractivity contribution < 1.29 is 39.6 Å². The van der Waals surface area contributed by atoms with Crippen LogP contribution in [-0.4, -0.2) is 140 Å². The zero-order valence-electron chi connectivity index (χ0n) is 65.1. The topological polar surface area (TPSA) is 180 Å². The fraction of sp³-hybridized carbons (Fsp3) is 0.952. The second-order valence-corrected chi connectivity index (χ2v) is 32.8. The second kappa shape index (κ2) is 72.7. The zero-order chi connectivity index (χ0) is 71.3. The minimum atomic E-state index is -0.885. The molecule has 1 rings (SSSR count). The molecule has 0 aliphatic carbocycles. The summed E-state index contributed by atoms with van der Waals surface area (Å²) < 4.78 is 0. The molecule has 2 amide bonds. The molecule has 0 aromatic carbocycles. The maximum absolute atomic E-state index is 13.4. The fourth-order valence-corrected chi connectivity index (χ4v) is 15.9. The van der Waals surface area contributed by atoms with Crippen molar-refractivity contribution >= 4 is 45.6 Å². The van der Waals surface area contributed by atoms with Gasteiger partial charge in [0.05, 0.1) is 24.4 Å². The number of carbonyl (C=O) groups excluding carboxylic acids is 4. The largest absolute Gasteiger partial charge is 0.392 e. The Morgan fingerprint density at radius 3 is 0.633 bits per heavy atom. The molecule has 6 atom stereocenters. The third-order valence-electron chi connectivity index (χ3n) is 20.8. The lowest BCUT2D eigenvalue weighted by Crippen LogP contribution is -2.63. The van der Waals surface area contributed by atoms with Gasteiger partial charge in [0.25, 0.3) is 0 Å². The monoisotopic (exact) mass is 1420 g/mol. The molecule has 0 bridgehead atoms. The number of piperazine rings is 1. The van der Waals surface area contributed by atoms with Gasteiger partial charge >= 0.3 is 0 Å². The molecular formula is C84H164N4O8S2. The fourth-order valence-electron chi connectivity index (χ4n) is 14.3. The van der Waals surface area contributed by atoms with Gasteiger partial charge in [0.1, 0.15) is 12.1 Å². The van der Waals surface area contributed by atoms with E-state index in [1.54, 1.807) is 0 Å². The Morgan fingerprint density at radius 2 is 0.459 bits per heavy atom. The molecule has 0 spiro atoms. The molecule has 14 heteroatoms. The molecule has 12 nitrogen and oxygen atoms in total. The van der Waals surface area contributed by atoms with E-state index in [-0.39, 0.29) is 46.4 Å². The van der Waals surface area contributed by atoms with Crippen molar-refractivity contribution in [3.05, 3.63) is 0 Å². The molecule has 1 heterocycles. The van der Waals surface area contributed by atoms with Crippen LogP contribution in [0.25, 0.3) is 0 Å². The lowest BCUT2D eigenvalue weighted by atomic mass is 10.0. The minimum absolute atomic E-state index is 0.0883. The molecule has 580 valence electrons. The van der Waals surface area contributed by atoms with Crippen molar-refractivity contribution in [1.82, 2.24) is 20.4 Å². The van der Waals surface area contributed by atoms with Crippen molar-refractivity contribution in [2.45, 2.75) is 462 Å². The third kappa shape index (κ3) is 63.2. The van der Waals surface area contributed by atoms with Crippen LogP contribution in [0.4, 0.5) is 0 Å². The van der Waals surface area contributed by atoms with Gasteiger partial charge in [0.15, 0.2) is 10.2 Å². The minimum Gasteiger partial charge on any atom is -0.392 e. The predicted molar refractivity (Wildman–Crippen MR) is 425 cm³/mol. The standard InChI is InChI=1S/C84H164N4O8S2/c1-5-9-13-17-21-25-29-33-37-41-45-49-53-57-61-75(89)69-87(70-76(90)62-58-54-50-46-42-38-34-30-26-22-18-14-10-6-2)67-65-81(93)97-73-79-83(95)86-80(84(96)85-79)74-98-82(94)66-68-88(71-77(91)63-59-55-51-47-43-39-35-31-27-23-19-15-11-7-3)72-78(92)64-60-56-52-48-44-40-36-32-28-24-20-16-12-8-4/h75-80,89-92H,5-74H2,1-4H3,(H,85,96)(H,86,95). The highest BCUT2D eigenvalue weighted by atomic mass is 32.2. The molecule has 0 aromatic heterocycles. The summed E-state index contributed by atoms with van der Waals surface area (Å²) in [5, 5.41) is 50.4. The van der Waals surface area contributed by atoms with Crippen LogP contribution in [-0.2, 0) is 19.2 Å². The molecule has 1 aliphatic rings. The van der Waals surface area contributed by atoms with E-state index in [0.29, 0.717) is 65.0 Å². The van der Waals surface area contributed by atoms with E-state index >= 15 is 0 Å². The average Bonchev–Trinajstić information content (AvgIpc) is 0.907. The number of nitrogens with zero attached hydrogens (tertiary/aromatic N) is 2. The van der Waals surface area contributed by atoms with E-state index in [4.69, 9.17) is 0 Å². The van der Waals surface area contributed by atoms with Gasteiger partial charge in [0.2, 0.25) is 11.8 Å². The number of hydrogen-bond donors (Lipinski definition) is 6. The van der Waals surface area contributed by atoms with Gasteiger partial charge in [-0.1, -0.05) is 411 Å². The summed E-state index contributed by atoms with van der Waals surface area (Å²) in [7, 11) is 0. The van der Waals surface area contributed by atoms with Crippen molar-refractivity contribution in [2.75, 3.05) is 50.8 Å². The van der Waals surface area contributed by atoms with Gasteiger partial charge in [-0.25, -0.2) is 0 Å². The lowest BCUT2D eigenvalue weighted by Gasteiger charge is -2.29. The molecule has 0 radical (unpaired) electrons. The first kappa shape index (κ1) is 94.8. The lowest BCUT2D eigenvalue weighted by molar-refractivity contribution is -0.135. The Balaban J connectivity index is 2.67. The summed E-state index contributed by atoms with van der Waals surface area (Å²) in [5.74, 6) is -0.583. The number of amides is 2. The van der Waals surface area contributed by atoms with Crippen molar-refractivity contribution in [1.29, 1.82) is 0 Å². The Hall–Kier alpha value is -1.26. The number of unbranched alkanes of at least 4 members (excludes halogenated alkanes) is 52. The van der Waals surface area contributed by atoms with Gasteiger partial charge in [-0.2, -0.15) is 0 Å². The second-order valence-electron chi connectivity index (χ2n) is 30.7. The number of rotatable bonds is 78. The van der Waals surface area contributed by atoms with E-state index in [1.165, 1.54) is 308 Å². The van der Waals surface area contributed by atoms with Crippen LogP contribution >= 0.6 is 23.5 Å². The maximum Gasteiger partial charge on any atom is 0.244 e. The van der Waals surface area contributed by atoms with Crippen molar-refractivity contribution in [2.24, 2.45) is 0 Å². The average molecular weight is 1420 g/mol. The highest BCUT2D eigenvalue weighted by molar-refractivity contribution is 8.13. The Bertz CT molecular complexity index is 1550. The predicted octanol–water partition coefficient (Wildman–Crippen LogP) is 21.8. The van der Waals surface area contributed by atoms with Crippen LogP contribution < -0.4 is 10.6 Å². The zero-order valence-corrected chi connectivity index (χ0v) is 66.7. The van der Waals surface area contributed by atoms with E-state index in [0.717, 1.165) is 74.9 Å². The first-order chi connectivity index (χ1) is 47.9. The van der Waals surface area contributed by atoms with Crippen LogP contribution in [0.5, 0.6) is 0 Å². The number of aliphatic hydroxyl groups excluding tert-OH is 4. The molecule has 1 aliphatic heterocycles. The van der Waals surface area contributed by atoms with Gasteiger partial charge in [0, 0.05) is 63.6 Å². The first-order valence-electron chi connectivity index (χ1n) is 43.0. The van der Waals surface area contributed by atoms with Crippen LogP contribution in [0, 0.1) is 0 Å². The molecule has 1 fully saturated rings. The Kier molecular flexibility index (Phi) is 70.3. The van der Waals surface area contributed by atoms with E-state index in [2.05, 4.69) is 38.3 Å². The van der Waals surface area contributed by atoms with Crippen LogP contribution in [0.3, 0.4) is 0 Å². The molecule has 6 N–H and O–H groups in total. The molecule has 98 heavy (non-hydrogen) atoms. The number of aliphatic hydroxyl groups is 4. The Labute approximate surface area is 615 Å². The van der Waals surface area contributed by atoms with E-state index < -0.39 is 36.5 Å². The highest BCUT2D eigenvalue weighted by Gasteiger charge is 2.34. The Morgan fingerprint density at radius 1 is 0.296 bits per heavy atom. The number of carbonyl (C=O) groups is 4. The molecule has 6 unspecified atom stereocenters. The van der Waals surface area contributed by atoms with E-state index in [1.807, 2.05) is 9.80 Å². The van der Waals surface area contributed by atoms with Gasteiger partial charge < -0.3 is 31.1 Å². The van der Waals surface area contributed by atoms with Crippen LogP contribution in [0.15, 0.2) is 0 Å². The maximum atomic E-state index is 13.4. The van der Waals surface area contributed by atoms with Crippen LogP contribution in [0.2, 0.25) is 0 Å². The molecule has 0 saturated carbocycles. The first-order valence-corrected chi connectivity index (χ1v) is 45.0. The quantitative estimate of drug-likeness (QED) is 0.0318. The SMILES string of the molecule is CCCCCCCCCCCCCCCCC(O)CN(CCC(=O)SCC1NC(=O)C(CSC(=O)CCN(CC(O)CCCCCCCCCCCCCCCC)CC(O)CCCCCCCCCCCCCCCC)NC1=O)CC(O)CCCCCCCCCCCCCCCC. The highest BCUT2D eigenvalue weighted by Crippen LogP contribution is 2.22. The third-order valence-corrected chi connectivity index (χ3v) is 22.8.